The number of rotatable bonds is 7. The van der Waals surface area contributed by atoms with E-state index in [4.69, 9.17) is 16.3 Å². The van der Waals surface area contributed by atoms with Gasteiger partial charge in [0.2, 0.25) is 0 Å². The summed E-state index contributed by atoms with van der Waals surface area (Å²) in [5, 5.41) is 14.0. The van der Waals surface area contributed by atoms with Crippen molar-refractivity contribution in [2.45, 2.75) is 33.1 Å². The van der Waals surface area contributed by atoms with Gasteiger partial charge in [-0.15, -0.1) is 0 Å². The fourth-order valence-corrected chi connectivity index (χ4v) is 2.41. The third-order valence-electron chi connectivity index (χ3n) is 3.53. The molecule has 0 aromatic heterocycles. The maximum absolute atomic E-state index is 12.3. The van der Waals surface area contributed by atoms with E-state index in [9.17, 15) is 14.9 Å². The largest absolute Gasteiger partial charge is 0.374 e. The molecule has 0 unspecified atom stereocenters. The van der Waals surface area contributed by atoms with E-state index >= 15 is 0 Å². The van der Waals surface area contributed by atoms with Crippen LogP contribution in [0, 0.1) is 10.1 Å². The van der Waals surface area contributed by atoms with Crippen LogP contribution in [-0.4, -0.2) is 16.9 Å². The predicted octanol–water partition coefficient (Wildman–Crippen LogP) is 4.10. The monoisotopic (exact) mass is 362 g/mol. The maximum Gasteiger partial charge on any atom is 0.283 e. The molecule has 0 fully saturated rings. The van der Waals surface area contributed by atoms with Gasteiger partial charge in [-0.05, 0) is 37.1 Å². The van der Waals surface area contributed by atoms with E-state index in [1.165, 1.54) is 18.2 Å². The van der Waals surface area contributed by atoms with Crippen molar-refractivity contribution in [3.63, 3.8) is 0 Å². The first-order chi connectivity index (χ1) is 11.9. The molecule has 25 heavy (non-hydrogen) atoms. The standard InChI is InChI=1S/C18H19ClN2O4/c1-12(2)25-11-14-6-4-3-5-13(14)10-20-18(22)16-8-7-15(19)9-17(16)21(23)24/h3-9,12H,10-11H2,1-2H3,(H,20,22). The fraction of sp³-hybridized carbons (Fsp3) is 0.278. The highest BCUT2D eigenvalue weighted by atomic mass is 35.5. The Bertz CT molecular complexity index is 777. The van der Waals surface area contributed by atoms with Gasteiger partial charge in [0.15, 0.2) is 0 Å². The van der Waals surface area contributed by atoms with Crippen LogP contribution in [0.25, 0.3) is 0 Å². The van der Waals surface area contributed by atoms with Gasteiger partial charge >= 0.3 is 0 Å². The quantitative estimate of drug-likeness (QED) is 0.593. The summed E-state index contributed by atoms with van der Waals surface area (Å²) in [7, 11) is 0. The lowest BCUT2D eigenvalue weighted by Crippen LogP contribution is -2.24. The Morgan fingerprint density at radius 2 is 1.92 bits per heavy atom. The lowest BCUT2D eigenvalue weighted by molar-refractivity contribution is -0.385. The van der Waals surface area contributed by atoms with E-state index in [1.807, 2.05) is 38.1 Å². The number of hydrogen-bond acceptors (Lipinski definition) is 4. The average Bonchev–Trinajstić information content (AvgIpc) is 2.58. The van der Waals surface area contributed by atoms with Crippen LogP contribution in [0.4, 0.5) is 5.69 Å². The lowest BCUT2D eigenvalue weighted by atomic mass is 10.1. The second-order valence-electron chi connectivity index (χ2n) is 5.73. The second-order valence-corrected chi connectivity index (χ2v) is 6.17. The predicted molar refractivity (Wildman–Crippen MR) is 95.6 cm³/mol. The van der Waals surface area contributed by atoms with Crippen LogP contribution in [0.1, 0.15) is 35.3 Å². The Morgan fingerprint density at radius 1 is 1.24 bits per heavy atom. The van der Waals surface area contributed by atoms with Crippen molar-refractivity contribution in [1.82, 2.24) is 5.32 Å². The van der Waals surface area contributed by atoms with Crippen molar-refractivity contribution in [3.05, 3.63) is 74.3 Å². The molecule has 2 aromatic rings. The molecule has 1 amide bonds. The van der Waals surface area contributed by atoms with Crippen LogP contribution in [-0.2, 0) is 17.9 Å². The number of nitrogens with one attached hydrogen (secondary N) is 1. The molecule has 0 heterocycles. The molecule has 6 nitrogen and oxygen atoms in total. The van der Waals surface area contributed by atoms with E-state index in [0.29, 0.717) is 6.61 Å². The molecule has 7 heteroatoms. The summed E-state index contributed by atoms with van der Waals surface area (Å²) >= 11 is 5.77. The van der Waals surface area contributed by atoms with Crippen LogP contribution in [0.15, 0.2) is 42.5 Å². The van der Waals surface area contributed by atoms with Gasteiger partial charge in [0.1, 0.15) is 5.56 Å². The molecular weight excluding hydrogens is 344 g/mol. The molecule has 0 aliphatic carbocycles. The summed E-state index contributed by atoms with van der Waals surface area (Å²) in [4.78, 5) is 22.8. The number of nitrogens with zero attached hydrogens (tertiary/aromatic N) is 1. The molecule has 0 saturated carbocycles. The van der Waals surface area contributed by atoms with Crippen LogP contribution in [0.2, 0.25) is 5.02 Å². The van der Waals surface area contributed by atoms with Gasteiger partial charge in [0.25, 0.3) is 11.6 Å². The van der Waals surface area contributed by atoms with Gasteiger partial charge in [0, 0.05) is 17.6 Å². The Labute approximate surface area is 150 Å². The van der Waals surface area contributed by atoms with E-state index < -0.39 is 10.8 Å². The van der Waals surface area contributed by atoms with Crippen molar-refractivity contribution < 1.29 is 14.5 Å². The van der Waals surface area contributed by atoms with Crippen LogP contribution in [0.3, 0.4) is 0 Å². The summed E-state index contributed by atoms with van der Waals surface area (Å²) < 4.78 is 5.61. The van der Waals surface area contributed by atoms with Crippen LogP contribution in [0.5, 0.6) is 0 Å². The van der Waals surface area contributed by atoms with Crippen molar-refractivity contribution in [2.75, 3.05) is 0 Å². The van der Waals surface area contributed by atoms with Gasteiger partial charge in [-0.3, -0.25) is 14.9 Å². The summed E-state index contributed by atoms with van der Waals surface area (Å²) in [5.74, 6) is -0.525. The molecule has 0 aliphatic heterocycles. The highest BCUT2D eigenvalue weighted by Crippen LogP contribution is 2.23. The number of nitro groups is 1. The zero-order valence-electron chi connectivity index (χ0n) is 14.0. The summed E-state index contributed by atoms with van der Waals surface area (Å²) in [6.45, 7) is 4.58. The topological polar surface area (TPSA) is 81.5 Å². The molecule has 1 N–H and O–H groups in total. The number of hydrogen-bond donors (Lipinski definition) is 1. The molecule has 0 radical (unpaired) electrons. The SMILES string of the molecule is CC(C)OCc1ccccc1CNC(=O)c1ccc(Cl)cc1[N+](=O)[O-]. The van der Waals surface area contributed by atoms with Gasteiger partial charge in [-0.25, -0.2) is 0 Å². The number of amides is 1. The Morgan fingerprint density at radius 3 is 2.56 bits per heavy atom. The molecule has 0 spiro atoms. The first-order valence-electron chi connectivity index (χ1n) is 7.79. The minimum Gasteiger partial charge on any atom is -0.374 e. The molecule has 0 bridgehead atoms. The second kappa shape index (κ2) is 8.60. The van der Waals surface area contributed by atoms with Crippen molar-refractivity contribution in [2.24, 2.45) is 0 Å². The maximum atomic E-state index is 12.3. The number of ether oxygens (including phenoxy) is 1. The average molecular weight is 363 g/mol. The smallest absolute Gasteiger partial charge is 0.283 e. The minimum absolute atomic E-state index is 0.0229. The highest BCUT2D eigenvalue weighted by molar-refractivity contribution is 6.31. The van der Waals surface area contributed by atoms with Gasteiger partial charge in [-0.2, -0.15) is 0 Å². The normalized spacial score (nSPS) is 10.7. The zero-order valence-corrected chi connectivity index (χ0v) is 14.7. The van der Waals surface area contributed by atoms with Gasteiger partial charge in [-0.1, -0.05) is 35.9 Å². The number of nitro benzene ring substituents is 1. The van der Waals surface area contributed by atoms with E-state index in [-0.39, 0.29) is 28.9 Å². The molecular formula is C18H19ClN2O4. The van der Waals surface area contributed by atoms with Crippen molar-refractivity contribution in [3.8, 4) is 0 Å². The highest BCUT2D eigenvalue weighted by Gasteiger charge is 2.20. The summed E-state index contributed by atoms with van der Waals surface area (Å²) in [6, 6.07) is 11.5. The van der Waals surface area contributed by atoms with Gasteiger partial charge in [0.05, 0.1) is 17.6 Å². The summed E-state index contributed by atoms with van der Waals surface area (Å²) in [5.41, 5.74) is 1.52. The molecule has 0 aliphatic rings. The molecule has 132 valence electrons. The van der Waals surface area contributed by atoms with Crippen LogP contribution >= 0.6 is 11.6 Å². The Balaban J connectivity index is 2.12. The van der Waals surface area contributed by atoms with Crippen LogP contribution < -0.4 is 5.32 Å². The van der Waals surface area contributed by atoms with E-state index in [0.717, 1.165) is 11.1 Å². The Hall–Kier alpha value is -2.44. The molecule has 0 atom stereocenters. The van der Waals surface area contributed by atoms with Crippen molar-refractivity contribution >= 4 is 23.2 Å². The molecule has 2 aromatic carbocycles. The van der Waals surface area contributed by atoms with E-state index in [2.05, 4.69) is 5.32 Å². The number of benzene rings is 2. The number of carbonyl (C=O) groups excluding carboxylic acids is 1. The first-order valence-corrected chi connectivity index (χ1v) is 8.16. The lowest BCUT2D eigenvalue weighted by Gasteiger charge is -2.13. The third kappa shape index (κ3) is 5.27. The molecule has 0 saturated heterocycles. The number of halogens is 1. The van der Waals surface area contributed by atoms with E-state index in [1.54, 1.807) is 0 Å². The molecule has 2 rings (SSSR count). The number of carbonyl (C=O) groups is 1. The Kier molecular flexibility index (Phi) is 6.50. The van der Waals surface area contributed by atoms with Gasteiger partial charge < -0.3 is 10.1 Å². The fourth-order valence-electron chi connectivity index (χ4n) is 2.25. The summed E-state index contributed by atoms with van der Waals surface area (Å²) in [6.07, 6.45) is 0.0966. The third-order valence-corrected chi connectivity index (χ3v) is 3.77. The van der Waals surface area contributed by atoms with Crippen molar-refractivity contribution in [1.29, 1.82) is 0 Å². The minimum atomic E-state index is -0.620. The first kappa shape index (κ1) is 18.9. The zero-order chi connectivity index (χ0) is 18.4.